The van der Waals surface area contributed by atoms with Crippen LogP contribution in [0.2, 0.25) is 5.02 Å². The summed E-state index contributed by atoms with van der Waals surface area (Å²) >= 11 is 6.22. The molecule has 1 saturated heterocycles. The molecule has 0 amide bonds. The number of rotatable bonds is 3. The number of hydrogen-bond acceptors (Lipinski definition) is 3. The monoisotopic (exact) mass is 281 g/mol. The van der Waals surface area contributed by atoms with E-state index in [2.05, 4.69) is 23.9 Å². The van der Waals surface area contributed by atoms with Crippen LogP contribution in [0.5, 0.6) is 0 Å². The summed E-state index contributed by atoms with van der Waals surface area (Å²) in [7, 11) is 0. The zero-order valence-corrected chi connectivity index (χ0v) is 12.1. The molecule has 0 bridgehead atoms. The molecule has 19 heavy (non-hydrogen) atoms. The van der Waals surface area contributed by atoms with E-state index >= 15 is 0 Å². The van der Waals surface area contributed by atoms with Crippen LogP contribution in [0.1, 0.15) is 38.7 Å². The Morgan fingerprint density at radius 1 is 1.53 bits per heavy atom. The molecule has 1 heterocycles. The highest BCUT2D eigenvalue weighted by Gasteiger charge is 2.31. The second-order valence-corrected chi connectivity index (χ2v) is 5.42. The van der Waals surface area contributed by atoms with Crippen molar-refractivity contribution in [3.63, 3.8) is 0 Å². The van der Waals surface area contributed by atoms with Crippen LogP contribution in [0.4, 0.5) is 5.69 Å². The number of hydrogen-bond donors (Lipinski definition) is 2. The minimum atomic E-state index is 0.0644. The average molecular weight is 282 g/mol. The third-order valence-corrected chi connectivity index (χ3v) is 4.21. The average Bonchev–Trinajstić information content (AvgIpc) is 2.78. The summed E-state index contributed by atoms with van der Waals surface area (Å²) in [5, 5.41) is 12.6. The number of nitrogens with zero attached hydrogens (tertiary/aromatic N) is 2. The van der Waals surface area contributed by atoms with Crippen LogP contribution in [0.25, 0.3) is 0 Å². The SMILES string of the molecule is CCC1CCC(C)N1c1cccc(Cl)c1/C(N)=N/O. The van der Waals surface area contributed by atoms with Crippen molar-refractivity contribution in [2.45, 2.75) is 45.2 Å². The van der Waals surface area contributed by atoms with Gasteiger partial charge in [-0.05, 0) is 38.3 Å². The van der Waals surface area contributed by atoms with E-state index in [4.69, 9.17) is 22.5 Å². The number of halogens is 1. The van der Waals surface area contributed by atoms with E-state index in [1.165, 1.54) is 6.42 Å². The van der Waals surface area contributed by atoms with Crippen molar-refractivity contribution in [2.24, 2.45) is 10.9 Å². The molecule has 1 aliphatic heterocycles. The van der Waals surface area contributed by atoms with Gasteiger partial charge in [0.25, 0.3) is 0 Å². The number of benzene rings is 1. The topological polar surface area (TPSA) is 61.8 Å². The van der Waals surface area contributed by atoms with Crippen molar-refractivity contribution < 1.29 is 5.21 Å². The first-order valence-electron chi connectivity index (χ1n) is 6.64. The molecule has 1 aromatic carbocycles. The number of anilines is 1. The van der Waals surface area contributed by atoms with Crippen LogP contribution < -0.4 is 10.6 Å². The molecule has 1 aromatic rings. The van der Waals surface area contributed by atoms with Crippen LogP contribution in [0.3, 0.4) is 0 Å². The lowest BCUT2D eigenvalue weighted by atomic mass is 10.1. The van der Waals surface area contributed by atoms with Crippen molar-refractivity contribution in [2.75, 3.05) is 4.90 Å². The van der Waals surface area contributed by atoms with Crippen LogP contribution >= 0.6 is 11.6 Å². The lowest BCUT2D eigenvalue weighted by molar-refractivity contribution is 0.318. The summed E-state index contributed by atoms with van der Waals surface area (Å²) in [6.45, 7) is 4.38. The molecule has 5 heteroatoms. The lowest BCUT2D eigenvalue weighted by Gasteiger charge is -2.32. The largest absolute Gasteiger partial charge is 0.409 e. The molecule has 0 aliphatic carbocycles. The summed E-state index contributed by atoms with van der Waals surface area (Å²) < 4.78 is 0. The van der Waals surface area contributed by atoms with Gasteiger partial charge in [-0.15, -0.1) is 0 Å². The fraction of sp³-hybridized carbons (Fsp3) is 0.500. The Hall–Kier alpha value is -1.42. The van der Waals surface area contributed by atoms with E-state index in [0.717, 1.165) is 18.5 Å². The van der Waals surface area contributed by atoms with Crippen molar-refractivity contribution in [1.82, 2.24) is 0 Å². The fourth-order valence-corrected chi connectivity index (χ4v) is 3.20. The van der Waals surface area contributed by atoms with Gasteiger partial charge in [0.1, 0.15) is 0 Å². The first-order chi connectivity index (χ1) is 9.10. The summed E-state index contributed by atoms with van der Waals surface area (Å²) in [5.41, 5.74) is 7.37. The molecule has 2 unspecified atom stereocenters. The molecule has 0 spiro atoms. The number of nitrogens with two attached hydrogens (primary N) is 1. The Morgan fingerprint density at radius 3 is 2.89 bits per heavy atom. The van der Waals surface area contributed by atoms with E-state index in [0.29, 0.717) is 22.7 Å². The van der Waals surface area contributed by atoms with Crippen molar-refractivity contribution in [3.8, 4) is 0 Å². The van der Waals surface area contributed by atoms with Gasteiger partial charge in [0.05, 0.1) is 10.6 Å². The molecule has 1 fully saturated rings. The standard InChI is InChI=1S/C14H20ClN3O/c1-3-10-8-7-9(2)18(10)12-6-4-5-11(15)13(12)14(16)17-19/h4-6,9-10,19H,3,7-8H2,1-2H3,(H2,16,17). The van der Waals surface area contributed by atoms with E-state index in [1.807, 2.05) is 12.1 Å². The van der Waals surface area contributed by atoms with E-state index in [9.17, 15) is 0 Å². The molecule has 3 N–H and O–H groups in total. The molecule has 0 saturated carbocycles. The highest BCUT2D eigenvalue weighted by Crippen LogP contribution is 2.36. The van der Waals surface area contributed by atoms with E-state index in [-0.39, 0.29) is 5.84 Å². The van der Waals surface area contributed by atoms with Gasteiger partial charge in [-0.2, -0.15) is 0 Å². The quantitative estimate of drug-likeness (QED) is 0.387. The maximum absolute atomic E-state index is 8.95. The van der Waals surface area contributed by atoms with Crippen LogP contribution in [0.15, 0.2) is 23.4 Å². The Morgan fingerprint density at radius 2 is 2.26 bits per heavy atom. The zero-order valence-electron chi connectivity index (χ0n) is 11.3. The molecule has 0 radical (unpaired) electrons. The second kappa shape index (κ2) is 5.70. The van der Waals surface area contributed by atoms with Crippen molar-refractivity contribution in [1.29, 1.82) is 0 Å². The Bertz CT molecular complexity index is 490. The predicted molar refractivity (Wildman–Crippen MR) is 79.2 cm³/mol. The van der Waals surface area contributed by atoms with Crippen LogP contribution in [-0.2, 0) is 0 Å². The molecule has 2 rings (SSSR count). The van der Waals surface area contributed by atoms with Crippen LogP contribution in [-0.4, -0.2) is 23.1 Å². The third kappa shape index (κ3) is 2.50. The number of amidine groups is 1. The summed E-state index contributed by atoms with van der Waals surface area (Å²) in [6, 6.07) is 6.58. The van der Waals surface area contributed by atoms with Gasteiger partial charge in [0.15, 0.2) is 5.84 Å². The fourth-order valence-electron chi connectivity index (χ4n) is 2.94. The molecular formula is C14H20ClN3O. The Balaban J connectivity index is 2.53. The minimum absolute atomic E-state index is 0.0644. The third-order valence-electron chi connectivity index (χ3n) is 3.89. The van der Waals surface area contributed by atoms with Crippen LogP contribution in [0, 0.1) is 0 Å². The predicted octanol–water partition coefficient (Wildman–Crippen LogP) is 3.20. The first-order valence-corrected chi connectivity index (χ1v) is 7.02. The lowest BCUT2D eigenvalue weighted by Crippen LogP contribution is -2.36. The van der Waals surface area contributed by atoms with E-state index < -0.39 is 0 Å². The molecule has 104 valence electrons. The maximum atomic E-state index is 8.95. The van der Waals surface area contributed by atoms with Crippen molar-refractivity contribution >= 4 is 23.1 Å². The second-order valence-electron chi connectivity index (χ2n) is 5.01. The highest BCUT2D eigenvalue weighted by atomic mass is 35.5. The van der Waals surface area contributed by atoms with Gasteiger partial charge in [-0.25, -0.2) is 0 Å². The zero-order chi connectivity index (χ0) is 14.0. The van der Waals surface area contributed by atoms with Gasteiger partial charge in [0, 0.05) is 17.8 Å². The molecular weight excluding hydrogens is 262 g/mol. The van der Waals surface area contributed by atoms with Gasteiger partial charge < -0.3 is 15.8 Å². The van der Waals surface area contributed by atoms with Gasteiger partial charge in [0.2, 0.25) is 0 Å². The normalized spacial score (nSPS) is 23.9. The highest BCUT2D eigenvalue weighted by molar-refractivity contribution is 6.34. The van der Waals surface area contributed by atoms with E-state index in [1.54, 1.807) is 6.07 Å². The Kier molecular flexibility index (Phi) is 4.20. The summed E-state index contributed by atoms with van der Waals surface area (Å²) in [5.74, 6) is 0.0644. The minimum Gasteiger partial charge on any atom is -0.409 e. The van der Waals surface area contributed by atoms with Gasteiger partial charge in [-0.1, -0.05) is 29.7 Å². The smallest absolute Gasteiger partial charge is 0.173 e. The van der Waals surface area contributed by atoms with Gasteiger partial charge >= 0.3 is 0 Å². The van der Waals surface area contributed by atoms with Crippen molar-refractivity contribution in [3.05, 3.63) is 28.8 Å². The number of oxime groups is 1. The first kappa shape index (κ1) is 14.0. The molecule has 0 aromatic heterocycles. The van der Waals surface area contributed by atoms with Gasteiger partial charge in [-0.3, -0.25) is 0 Å². The summed E-state index contributed by atoms with van der Waals surface area (Å²) in [4.78, 5) is 2.35. The maximum Gasteiger partial charge on any atom is 0.173 e. The Labute approximate surface area is 118 Å². The molecule has 1 aliphatic rings. The summed E-state index contributed by atoms with van der Waals surface area (Å²) in [6.07, 6.45) is 3.40. The molecule has 4 nitrogen and oxygen atoms in total. The molecule has 2 atom stereocenters.